The zero-order valence-electron chi connectivity index (χ0n) is 10.2. The summed E-state index contributed by atoms with van der Waals surface area (Å²) in [6.45, 7) is 6.23. The van der Waals surface area contributed by atoms with Crippen molar-refractivity contribution in [2.45, 2.75) is 26.2 Å². The Kier molecular flexibility index (Phi) is 3.93. The molecule has 0 aliphatic heterocycles. The van der Waals surface area contributed by atoms with Crippen LogP contribution in [0.4, 0.5) is 0 Å². The summed E-state index contributed by atoms with van der Waals surface area (Å²) in [5.74, 6) is 1.37. The molecule has 1 aromatic carbocycles. The van der Waals surface area contributed by atoms with Crippen molar-refractivity contribution in [3.63, 3.8) is 0 Å². The van der Waals surface area contributed by atoms with Crippen molar-refractivity contribution in [1.29, 1.82) is 0 Å². The Morgan fingerprint density at radius 2 is 2.00 bits per heavy atom. The van der Waals surface area contributed by atoms with E-state index in [-0.39, 0.29) is 0 Å². The molecule has 0 aliphatic rings. The average molecular weight is 222 g/mol. The molecule has 0 aromatic heterocycles. The van der Waals surface area contributed by atoms with E-state index in [4.69, 9.17) is 9.47 Å². The highest BCUT2D eigenvalue weighted by Crippen LogP contribution is 2.32. The van der Waals surface area contributed by atoms with Crippen LogP contribution in [0.15, 0.2) is 18.2 Å². The molecule has 1 rings (SSSR count). The minimum absolute atomic E-state index is 0.502. The van der Waals surface area contributed by atoms with Crippen LogP contribution in [0.5, 0.6) is 11.5 Å². The zero-order chi connectivity index (χ0) is 12.2. The second kappa shape index (κ2) is 5.01. The Balaban J connectivity index is 3.16. The molecule has 3 heteroatoms. The quantitative estimate of drug-likeness (QED) is 0.718. The van der Waals surface area contributed by atoms with Gasteiger partial charge in [0.1, 0.15) is 6.29 Å². The summed E-state index contributed by atoms with van der Waals surface area (Å²) in [4.78, 5) is 11.0. The van der Waals surface area contributed by atoms with Gasteiger partial charge < -0.3 is 14.3 Å². The van der Waals surface area contributed by atoms with Gasteiger partial charge in [-0.05, 0) is 38.5 Å². The highest BCUT2D eigenvalue weighted by Gasteiger charge is 2.21. The van der Waals surface area contributed by atoms with Crippen LogP contribution in [0.1, 0.15) is 26.3 Å². The van der Waals surface area contributed by atoms with Gasteiger partial charge in [0.05, 0.1) is 13.7 Å². The second-order valence-corrected chi connectivity index (χ2v) is 4.14. The zero-order valence-corrected chi connectivity index (χ0v) is 10.2. The number of rotatable bonds is 5. The molecule has 88 valence electrons. The monoisotopic (exact) mass is 222 g/mol. The molecule has 0 heterocycles. The minimum Gasteiger partial charge on any atom is -0.493 e. The Bertz CT molecular complexity index is 369. The van der Waals surface area contributed by atoms with Crippen LogP contribution in [0.2, 0.25) is 0 Å². The average Bonchev–Trinajstić information content (AvgIpc) is 2.29. The van der Waals surface area contributed by atoms with E-state index in [0.29, 0.717) is 18.1 Å². The molecule has 1 aromatic rings. The molecule has 0 amide bonds. The maximum atomic E-state index is 11.0. The van der Waals surface area contributed by atoms with Crippen LogP contribution in [0.3, 0.4) is 0 Å². The summed E-state index contributed by atoms with van der Waals surface area (Å²) in [6, 6.07) is 5.57. The fourth-order valence-electron chi connectivity index (χ4n) is 1.41. The summed E-state index contributed by atoms with van der Waals surface area (Å²) in [6.07, 6.45) is 0.935. The van der Waals surface area contributed by atoms with Gasteiger partial charge in [-0.2, -0.15) is 0 Å². The van der Waals surface area contributed by atoms with Crippen molar-refractivity contribution >= 4 is 6.29 Å². The SMILES string of the molecule is CCOc1cc(C(C)(C)C=O)ccc1OC. The fourth-order valence-corrected chi connectivity index (χ4v) is 1.41. The number of benzene rings is 1. The standard InChI is InChI=1S/C13H18O3/c1-5-16-12-8-10(13(2,3)9-14)6-7-11(12)15-4/h6-9H,5H2,1-4H3. The molecule has 0 fully saturated rings. The molecule has 0 radical (unpaired) electrons. The lowest BCUT2D eigenvalue weighted by Crippen LogP contribution is -2.18. The molecule has 16 heavy (non-hydrogen) atoms. The first kappa shape index (κ1) is 12.6. The molecule has 0 saturated heterocycles. The van der Waals surface area contributed by atoms with Gasteiger partial charge in [-0.1, -0.05) is 6.07 Å². The van der Waals surface area contributed by atoms with Crippen molar-refractivity contribution in [3.8, 4) is 11.5 Å². The van der Waals surface area contributed by atoms with E-state index in [2.05, 4.69) is 0 Å². The number of hydrogen-bond acceptors (Lipinski definition) is 3. The third kappa shape index (κ3) is 2.54. The van der Waals surface area contributed by atoms with Crippen molar-refractivity contribution < 1.29 is 14.3 Å². The predicted octanol–water partition coefficient (Wildman–Crippen LogP) is 2.57. The highest BCUT2D eigenvalue weighted by molar-refractivity contribution is 5.68. The third-order valence-electron chi connectivity index (χ3n) is 2.50. The molecule has 0 spiro atoms. The molecule has 0 atom stereocenters. The van der Waals surface area contributed by atoms with Crippen molar-refractivity contribution in [2.24, 2.45) is 0 Å². The van der Waals surface area contributed by atoms with Crippen LogP contribution in [0.25, 0.3) is 0 Å². The third-order valence-corrected chi connectivity index (χ3v) is 2.50. The van der Waals surface area contributed by atoms with E-state index in [1.165, 1.54) is 0 Å². The minimum atomic E-state index is -0.502. The summed E-state index contributed by atoms with van der Waals surface area (Å²) in [7, 11) is 1.60. The van der Waals surface area contributed by atoms with E-state index in [1.807, 2.05) is 39.0 Å². The number of aldehydes is 1. The van der Waals surface area contributed by atoms with Crippen LogP contribution >= 0.6 is 0 Å². The molecular weight excluding hydrogens is 204 g/mol. The molecule has 0 bridgehead atoms. The lowest BCUT2D eigenvalue weighted by Gasteiger charge is -2.19. The maximum Gasteiger partial charge on any atom is 0.161 e. The molecule has 0 aliphatic carbocycles. The van der Waals surface area contributed by atoms with Gasteiger partial charge in [0, 0.05) is 5.41 Å². The molecule has 0 N–H and O–H groups in total. The lowest BCUT2D eigenvalue weighted by molar-refractivity contribution is -0.111. The number of carbonyl (C=O) groups excluding carboxylic acids is 1. The second-order valence-electron chi connectivity index (χ2n) is 4.14. The summed E-state index contributed by atoms with van der Waals surface area (Å²) in [5, 5.41) is 0. The fraction of sp³-hybridized carbons (Fsp3) is 0.462. The van der Waals surface area contributed by atoms with Gasteiger partial charge >= 0.3 is 0 Å². The van der Waals surface area contributed by atoms with Crippen LogP contribution in [0, 0.1) is 0 Å². The first-order valence-electron chi connectivity index (χ1n) is 5.32. The topological polar surface area (TPSA) is 35.5 Å². The van der Waals surface area contributed by atoms with Crippen molar-refractivity contribution in [1.82, 2.24) is 0 Å². The van der Waals surface area contributed by atoms with E-state index in [9.17, 15) is 4.79 Å². The highest BCUT2D eigenvalue weighted by atomic mass is 16.5. The smallest absolute Gasteiger partial charge is 0.161 e. The molecule has 3 nitrogen and oxygen atoms in total. The Morgan fingerprint density at radius 1 is 1.31 bits per heavy atom. The van der Waals surface area contributed by atoms with Crippen molar-refractivity contribution in [3.05, 3.63) is 23.8 Å². The van der Waals surface area contributed by atoms with E-state index < -0.39 is 5.41 Å². The largest absolute Gasteiger partial charge is 0.493 e. The molecule has 0 saturated carbocycles. The molecular formula is C13H18O3. The van der Waals surface area contributed by atoms with Gasteiger partial charge in [0.25, 0.3) is 0 Å². The van der Waals surface area contributed by atoms with Crippen LogP contribution in [-0.2, 0) is 10.2 Å². The van der Waals surface area contributed by atoms with Crippen molar-refractivity contribution in [2.75, 3.05) is 13.7 Å². The number of methoxy groups -OCH3 is 1. The summed E-state index contributed by atoms with van der Waals surface area (Å²) < 4.78 is 10.7. The Labute approximate surface area is 96.4 Å². The maximum absolute atomic E-state index is 11.0. The van der Waals surface area contributed by atoms with Gasteiger partial charge in [-0.15, -0.1) is 0 Å². The van der Waals surface area contributed by atoms with E-state index in [1.54, 1.807) is 7.11 Å². The molecule has 0 unspecified atom stereocenters. The lowest BCUT2D eigenvalue weighted by atomic mass is 9.86. The Hall–Kier alpha value is -1.51. The van der Waals surface area contributed by atoms with Gasteiger partial charge in [-0.3, -0.25) is 0 Å². The normalized spacial score (nSPS) is 11.0. The van der Waals surface area contributed by atoms with E-state index in [0.717, 1.165) is 11.8 Å². The summed E-state index contributed by atoms with van der Waals surface area (Å²) >= 11 is 0. The number of hydrogen-bond donors (Lipinski definition) is 0. The number of carbonyl (C=O) groups is 1. The summed E-state index contributed by atoms with van der Waals surface area (Å²) in [5.41, 5.74) is 0.421. The van der Waals surface area contributed by atoms with Crippen LogP contribution in [-0.4, -0.2) is 20.0 Å². The Morgan fingerprint density at radius 3 is 2.50 bits per heavy atom. The van der Waals surface area contributed by atoms with Gasteiger partial charge in [0.2, 0.25) is 0 Å². The van der Waals surface area contributed by atoms with E-state index >= 15 is 0 Å². The van der Waals surface area contributed by atoms with Gasteiger partial charge in [0.15, 0.2) is 11.5 Å². The first-order valence-corrected chi connectivity index (χ1v) is 5.32. The predicted molar refractivity (Wildman–Crippen MR) is 63.3 cm³/mol. The number of ether oxygens (including phenoxy) is 2. The van der Waals surface area contributed by atoms with Gasteiger partial charge in [-0.25, -0.2) is 0 Å². The van der Waals surface area contributed by atoms with Crippen LogP contribution < -0.4 is 9.47 Å². The first-order chi connectivity index (χ1) is 7.55.